The molecule has 0 radical (unpaired) electrons. The molecule has 0 aliphatic carbocycles. The topological polar surface area (TPSA) is 74.6 Å². The number of methoxy groups -OCH3 is 1. The van der Waals surface area contributed by atoms with Crippen molar-refractivity contribution in [2.45, 2.75) is 38.3 Å². The lowest BCUT2D eigenvalue weighted by atomic mass is 9.92. The fraction of sp³-hybridized carbons (Fsp3) is 0.391. The molecule has 3 rings (SSSR count). The Balaban J connectivity index is 1.86. The molecule has 2 unspecified atom stereocenters. The highest BCUT2D eigenvalue weighted by Gasteiger charge is 2.24. The van der Waals surface area contributed by atoms with Crippen molar-refractivity contribution in [2.75, 3.05) is 20.7 Å². The Hall–Kier alpha value is -2.91. The van der Waals surface area contributed by atoms with Crippen LogP contribution in [0.2, 0.25) is 0 Å². The highest BCUT2D eigenvalue weighted by molar-refractivity contribution is 5.78. The van der Waals surface area contributed by atoms with Crippen LogP contribution in [0.1, 0.15) is 29.5 Å². The molecule has 0 bridgehead atoms. The molecular weight excluding hydrogens is 367 g/mol. The van der Waals surface area contributed by atoms with Crippen molar-refractivity contribution in [3.63, 3.8) is 0 Å². The zero-order chi connectivity index (χ0) is 21.0. The number of ether oxygens (including phenoxy) is 1. The van der Waals surface area contributed by atoms with Crippen molar-refractivity contribution < 1.29 is 9.13 Å². The fourth-order valence-electron chi connectivity index (χ4n) is 3.81. The van der Waals surface area contributed by atoms with Crippen molar-refractivity contribution >= 4 is 5.96 Å². The normalized spacial score (nSPS) is 21.6. The van der Waals surface area contributed by atoms with Gasteiger partial charge in [0.15, 0.2) is 5.96 Å². The Morgan fingerprint density at radius 3 is 2.76 bits per heavy atom. The summed E-state index contributed by atoms with van der Waals surface area (Å²) < 4.78 is 19.4. The number of nitrogens with two attached hydrogens (primary N) is 1. The van der Waals surface area contributed by atoms with Crippen molar-refractivity contribution in [2.24, 2.45) is 10.7 Å². The Kier molecular flexibility index (Phi) is 6.50. The van der Waals surface area contributed by atoms with Crippen LogP contribution in [0.15, 0.2) is 41.4 Å². The third kappa shape index (κ3) is 4.93. The van der Waals surface area contributed by atoms with Crippen LogP contribution in [-0.4, -0.2) is 43.7 Å². The first-order valence-electron chi connectivity index (χ1n) is 9.77. The van der Waals surface area contributed by atoms with Crippen LogP contribution in [0.25, 0.3) is 11.1 Å². The standard InChI is InChI=1S/C23H27FN4O/c1-15-8-18(19-9-16(14-25)10-20(24)11-19)5-4-17(15)12-21-13-22(29-3)6-7-27-23(26)28(21)2/h4-5,8-11,21-22H,6-7,12-13H2,1-3H3,(H2,26,27). The van der Waals surface area contributed by atoms with Crippen molar-refractivity contribution in [3.05, 3.63) is 58.9 Å². The predicted octanol–water partition coefficient (Wildman–Crippen LogP) is 3.64. The number of benzene rings is 2. The molecule has 0 saturated heterocycles. The summed E-state index contributed by atoms with van der Waals surface area (Å²) in [6.07, 6.45) is 2.70. The average molecular weight is 394 g/mol. The molecule has 0 aromatic heterocycles. The van der Waals surface area contributed by atoms with E-state index in [0.29, 0.717) is 23.6 Å². The number of aryl methyl sites for hydroxylation is 1. The molecule has 29 heavy (non-hydrogen) atoms. The molecule has 152 valence electrons. The van der Waals surface area contributed by atoms with Crippen LogP contribution in [0.3, 0.4) is 0 Å². The molecule has 1 aliphatic rings. The lowest BCUT2D eigenvalue weighted by molar-refractivity contribution is 0.0691. The number of hydrogen-bond donors (Lipinski definition) is 1. The number of rotatable bonds is 4. The summed E-state index contributed by atoms with van der Waals surface area (Å²) in [4.78, 5) is 6.47. The first kappa shape index (κ1) is 20.8. The molecule has 2 aromatic carbocycles. The Labute approximate surface area is 171 Å². The summed E-state index contributed by atoms with van der Waals surface area (Å²) in [5.41, 5.74) is 10.4. The van der Waals surface area contributed by atoms with Gasteiger partial charge in [-0.1, -0.05) is 18.2 Å². The van der Waals surface area contributed by atoms with E-state index in [-0.39, 0.29) is 12.1 Å². The van der Waals surface area contributed by atoms with Gasteiger partial charge in [0.25, 0.3) is 0 Å². The van der Waals surface area contributed by atoms with Gasteiger partial charge in [-0.15, -0.1) is 0 Å². The summed E-state index contributed by atoms with van der Waals surface area (Å²) in [6, 6.07) is 12.7. The summed E-state index contributed by atoms with van der Waals surface area (Å²) in [5.74, 6) is 0.153. The molecule has 0 spiro atoms. The van der Waals surface area contributed by atoms with Gasteiger partial charge in [-0.25, -0.2) is 4.39 Å². The summed E-state index contributed by atoms with van der Waals surface area (Å²) in [7, 11) is 3.71. The van der Waals surface area contributed by atoms with Crippen LogP contribution in [0, 0.1) is 24.1 Å². The largest absolute Gasteiger partial charge is 0.381 e. The first-order chi connectivity index (χ1) is 13.9. The van der Waals surface area contributed by atoms with Gasteiger partial charge in [0.1, 0.15) is 5.82 Å². The van der Waals surface area contributed by atoms with E-state index >= 15 is 0 Å². The lowest BCUT2D eigenvalue weighted by Crippen LogP contribution is -2.46. The van der Waals surface area contributed by atoms with Crippen LogP contribution in [-0.2, 0) is 11.2 Å². The number of hydrogen-bond acceptors (Lipinski definition) is 5. The molecule has 0 amide bonds. The molecule has 0 saturated carbocycles. The minimum Gasteiger partial charge on any atom is -0.381 e. The number of halogens is 1. The average Bonchev–Trinajstić information content (AvgIpc) is 2.71. The minimum absolute atomic E-state index is 0.149. The van der Waals surface area contributed by atoms with Crippen molar-refractivity contribution in [1.29, 1.82) is 5.26 Å². The number of nitrogens with zero attached hydrogens (tertiary/aromatic N) is 3. The van der Waals surface area contributed by atoms with Gasteiger partial charge in [-0.3, -0.25) is 4.99 Å². The van der Waals surface area contributed by atoms with E-state index in [0.717, 1.165) is 30.4 Å². The second-order valence-corrected chi connectivity index (χ2v) is 7.57. The Morgan fingerprint density at radius 1 is 1.28 bits per heavy atom. The summed E-state index contributed by atoms with van der Waals surface area (Å²) >= 11 is 0. The summed E-state index contributed by atoms with van der Waals surface area (Å²) in [6.45, 7) is 2.73. The van der Waals surface area contributed by atoms with Crippen LogP contribution in [0.4, 0.5) is 4.39 Å². The molecular formula is C23H27FN4O. The molecule has 2 aromatic rings. The number of likely N-dealkylation sites (N-methyl/N-ethyl adjacent to an activating group) is 1. The summed E-state index contributed by atoms with van der Waals surface area (Å²) in [5, 5.41) is 9.09. The van der Waals surface area contributed by atoms with Gasteiger partial charge in [0.05, 0.1) is 17.7 Å². The van der Waals surface area contributed by atoms with E-state index in [1.54, 1.807) is 13.2 Å². The third-order valence-electron chi connectivity index (χ3n) is 5.66. The monoisotopic (exact) mass is 394 g/mol. The van der Waals surface area contributed by atoms with Gasteiger partial charge >= 0.3 is 0 Å². The van der Waals surface area contributed by atoms with E-state index < -0.39 is 5.82 Å². The smallest absolute Gasteiger partial charge is 0.191 e. The third-order valence-corrected chi connectivity index (χ3v) is 5.66. The maximum absolute atomic E-state index is 13.8. The van der Waals surface area contributed by atoms with E-state index in [4.69, 9.17) is 15.7 Å². The molecule has 6 heteroatoms. The number of nitriles is 1. The SMILES string of the molecule is COC1CC/N=C(/N)N(C)C(Cc2ccc(-c3cc(F)cc(C#N)c3)cc2C)C1. The second-order valence-electron chi connectivity index (χ2n) is 7.57. The van der Waals surface area contributed by atoms with E-state index in [2.05, 4.69) is 18.0 Å². The van der Waals surface area contributed by atoms with Gasteiger partial charge in [-0.2, -0.15) is 5.26 Å². The van der Waals surface area contributed by atoms with Gasteiger partial charge < -0.3 is 15.4 Å². The van der Waals surface area contributed by atoms with E-state index in [1.807, 2.05) is 30.1 Å². The number of guanidine groups is 1. The number of aliphatic imine (C=N–C) groups is 1. The Bertz CT molecular complexity index is 950. The molecule has 2 atom stereocenters. The first-order valence-corrected chi connectivity index (χ1v) is 9.77. The fourth-order valence-corrected chi connectivity index (χ4v) is 3.81. The highest BCUT2D eigenvalue weighted by atomic mass is 19.1. The van der Waals surface area contributed by atoms with Crippen molar-refractivity contribution in [3.8, 4) is 17.2 Å². The van der Waals surface area contributed by atoms with Gasteiger partial charge in [0.2, 0.25) is 0 Å². The maximum atomic E-state index is 13.8. The van der Waals surface area contributed by atoms with E-state index in [9.17, 15) is 4.39 Å². The highest BCUT2D eigenvalue weighted by Crippen LogP contribution is 2.26. The van der Waals surface area contributed by atoms with Crippen LogP contribution in [0.5, 0.6) is 0 Å². The zero-order valence-electron chi connectivity index (χ0n) is 17.2. The van der Waals surface area contributed by atoms with Gasteiger partial charge in [-0.05, 0) is 66.6 Å². The zero-order valence-corrected chi connectivity index (χ0v) is 17.2. The maximum Gasteiger partial charge on any atom is 0.191 e. The molecule has 5 nitrogen and oxygen atoms in total. The molecule has 2 N–H and O–H groups in total. The van der Waals surface area contributed by atoms with E-state index in [1.165, 1.54) is 17.7 Å². The Morgan fingerprint density at radius 2 is 2.07 bits per heavy atom. The molecule has 0 fully saturated rings. The molecule has 1 aliphatic heterocycles. The second kappa shape index (κ2) is 9.06. The molecule has 1 heterocycles. The van der Waals surface area contributed by atoms with Crippen LogP contribution < -0.4 is 5.73 Å². The quantitative estimate of drug-likeness (QED) is 0.859. The minimum atomic E-state index is -0.405. The van der Waals surface area contributed by atoms with Gasteiger partial charge in [0, 0.05) is 26.7 Å². The predicted molar refractivity (Wildman–Crippen MR) is 113 cm³/mol. The lowest BCUT2D eigenvalue weighted by Gasteiger charge is -2.34. The van der Waals surface area contributed by atoms with Crippen LogP contribution >= 0.6 is 0 Å². The van der Waals surface area contributed by atoms with Crippen molar-refractivity contribution in [1.82, 2.24) is 4.90 Å².